The van der Waals surface area contributed by atoms with Crippen LogP contribution in [0.15, 0.2) is 28.7 Å². The van der Waals surface area contributed by atoms with Crippen molar-refractivity contribution in [2.45, 2.75) is 45.3 Å². The lowest BCUT2D eigenvalue weighted by Gasteiger charge is -2.11. The summed E-state index contributed by atoms with van der Waals surface area (Å²) in [6.45, 7) is 2.36. The molecule has 1 saturated carbocycles. The average molecular weight is 345 g/mol. The third kappa shape index (κ3) is 4.20. The summed E-state index contributed by atoms with van der Waals surface area (Å²) in [4.78, 5) is 24.3. The number of amides is 1. The summed E-state index contributed by atoms with van der Waals surface area (Å²) in [5.41, 5.74) is 1.25. The molecule has 0 saturated heterocycles. The van der Waals surface area contributed by atoms with Crippen LogP contribution in [0.25, 0.3) is 11.0 Å². The lowest BCUT2D eigenvalue weighted by molar-refractivity contribution is -0.124. The fraction of sp³-hybridized carbons (Fsp3) is 0.474. The minimum Gasteiger partial charge on any atom is -0.450 e. The van der Waals surface area contributed by atoms with Crippen LogP contribution in [0.2, 0.25) is 0 Å². The fourth-order valence-electron chi connectivity index (χ4n) is 3.15. The van der Waals surface area contributed by atoms with E-state index in [1.807, 2.05) is 25.1 Å². The molecule has 2 aromatic rings. The van der Waals surface area contributed by atoms with Gasteiger partial charge >= 0.3 is 5.97 Å². The summed E-state index contributed by atoms with van der Waals surface area (Å²) in [5, 5.41) is 3.71. The molecule has 0 atom stereocenters. The largest absolute Gasteiger partial charge is 0.450 e. The predicted molar refractivity (Wildman–Crippen MR) is 92.2 cm³/mol. The Morgan fingerprint density at radius 1 is 1.24 bits per heavy atom. The molecule has 6 heteroatoms. The molecule has 1 amide bonds. The van der Waals surface area contributed by atoms with E-state index in [0.29, 0.717) is 17.8 Å². The normalized spacial score (nSPS) is 14.8. The van der Waals surface area contributed by atoms with Gasteiger partial charge in [0.2, 0.25) is 5.76 Å². The molecule has 1 heterocycles. The number of para-hydroxylation sites is 1. The maximum absolute atomic E-state index is 12.4. The van der Waals surface area contributed by atoms with Gasteiger partial charge in [0.15, 0.2) is 6.61 Å². The maximum atomic E-state index is 12.4. The van der Waals surface area contributed by atoms with Gasteiger partial charge in [0, 0.05) is 23.6 Å². The Hall–Kier alpha value is -2.34. The Bertz CT molecular complexity index is 745. The van der Waals surface area contributed by atoms with E-state index in [2.05, 4.69) is 5.32 Å². The Labute approximate surface area is 146 Å². The number of furan rings is 1. The molecule has 1 fully saturated rings. The summed E-state index contributed by atoms with van der Waals surface area (Å²) >= 11 is 0. The summed E-state index contributed by atoms with van der Waals surface area (Å²) in [5.74, 6) is -0.821. The maximum Gasteiger partial charge on any atom is 0.375 e. The molecule has 134 valence electrons. The second-order valence-corrected chi connectivity index (χ2v) is 6.17. The number of hydrogen-bond acceptors (Lipinski definition) is 5. The highest BCUT2D eigenvalue weighted by molar-refractivity contribution is 5.96. The lowest BCUT2D eigenvalue weighted by Crippen LogP contribution is -2.35. The van der Waals surface area contributed by atoms with Gasteiger partial charge in [-0.05, 0) is 25.8 Å². The van der Waals surface area contributed by atoms with Crippen LogP contribution in [0.3, 0.4) is 0 Å². The van der Waals surface area contributed by atoms with Crippen LogP contribution >= 0.6 is 0 Å². The quantitative estimate of drug-likeness (QED) is 0.780. The number of fused-ring (bicyclic) bond motifs is 1. The number of ether oxygens (including phenoxy) is 2. The van der Waals surface area contributed by atoms with Crippen LogP contribution in [0.5, 0.6) is 0 Å². The van der Waals surface area contributed by atoms with Gasteiger partial charge in [-0.15, -0.1) is 0 Å². The summed E-state index contributed by atoms with van der Waals surface area (Å²) < 4.78 is 16.2. The highest BCUT2D eigenvalue weighted by atomic mass is 16.5. The number of nitrogens with one attached hydrogen (secondary N) is 1. The Morgan fingerprint density at radius 3 is 2.76 bits per heavy atom. The van der Waals surface area contributed by atoms with Crippen LogP contribution in [0, 0.1) is 0 Å². The molecule has 6 nitrogen and oxygen atoms in total. The smallest absolute Gasteiger partial charge is 0.375 e. The van der Waals surface area contributed by atoms with Gasteiger partial charge in [0.25, 0.3) is 5.91 Å². The lowest BCUT2D eigenvalue weighted by atomic mass is 10.1. The van der Waals surface area contributed by atoms with E-state index in [0.717, 1.165) is 31.1 Å². The second-order valence-electron chi connectivity index (χ2n) is 6.17. The number of carbonyl (C=O) groups is 2. The molecule has 1 aliphatic rings. The minimum atomic E-state index is -0.646. The SMILES string of the molecule is CCOCc1c(C(=O)OCC(=O)NC2CCCC2)oc2ccccc12. The molecule has 25 heavy (non-hydrogen) atoms. The third-order valence-electron chi connectivity index (χ3n) is 4.39. The zero-order valence-corrected chi connectivity index (χ0v) is 14.4. The molecule has 0 aliphatic heterocycles. The van der Waals surface area contributed by atoms with Crippen molar-refractivity contribution in [2.24, 2.45) is 0 Å². The average Bonchev–Trinajstić information content (AvgIpc) is 3.25. The van der Waals surface area contributed by atoms with Crippen molar-refractivity contribution in [3.8, 4) is 0 Å². The summed E-state index contributed by atoms with van der Waals surface area (Å²) in [7, 11) is 0. The first-order valence-corrected chi connectivity index (χ1v) is 8.73. The zero-order chi connectivity index (χ0) is 17.6. The first-order chi connectivity index (χ1) is 12.2. The van der Waals surface area contributed by atoms with Gasteiger partial charge in [-0.1, -0.05) is 31.0 Å². The Balaban J connectivity index is 1.67. The van der Waals surface area contributed by atoms with Crippen molar-refractivity contribution >= 4 is 22.8 Å². The standard InChI is InChI=1S/C19H23NO5/c1-2-23-11-15-14-9-5-6-10-16(14)25-18(15)19(22)24-12-17(21)20-13-7-3-4-8-13/h5-6,9-10,13H,2-4,7-8,11-12H2,1H3,(H,20,21). The second kappa shape index (κ2) is 8.16. The van der Waals surface area contributed by atoms with E-state index in [1.165, 1.54) is 0 Å². The van der Waals surface area contributed by atoms with Gasteiger partial charge in [-0.2, -0.15) is 0 Å². The zero-order valence-electron chi connectivity index (χ0n) is 14.4. The Kier molecular flexibility index (Phi) is 5.71. The molecule has 0 bridgehead atoms. The van der Waals surface area contributed by atoms with Gasteiger partial charge < -0.3 is 19.2 Å². The predicted octanol–water partition coefficient (Wildman–Crippen LogP) is 3.18. The molecule has 1 N–H and O–H groups in total. The first kappa shape index (κ1) is 17.5. The van der Waals surface area contributed by atoms with Gasteiger partial charge in [-0.25, -0.2) is 4.79 Å². The molecular weight excluding hydrogens is 322 g/mol. The molecule has 3 rings (SSSR count). The fourth-order valence-corrected chi connectivity index (χ4v) is 3.15. The number of rotatable bonds is 7. The molecule has 0 radical (unpaired) electrons. The molecular formula is C19H23NO5. The van der Waals surface area contributed by atoms with Gasteiger partial charge in [-0.3, -0.25) is 4.79 Å². The molecule has 0 unspecified atom stereocenters. The van der Waals surface area contributed by atoms with Crippen LogP contribution in [0.4, 0.5) is 0 Å². The first-order valence-electron chi connectivity index (χ1n) is 8.73. The van der Waals surface area contributed by atoms with Crippen LogP contribution < -0.4 is 5.32 Å². The van der Waals surface area contributed by atoms with Crippen LogP contribution in [0.1, 0.15) is 48.7 Å². The van der Waals surface area contributed by atoms with E-state index in [9.17, 15) is 9.59 Å². The van der Waals surface area contributed by atoms with Gasteiger partial charge in [0.1, 0.15) is 5.58 Å². The van der Waals surface area contributed by atoms with Crippen molar-refractivity contribution < 1.29 is 23.5 Å². The topological polar surface area (TPSA) is 77.8 Å². The highest BCUT2D eigenvalue weighted by Crippen LogP contribution is 2.27. The van der Waals surface area contributed by atoms with E-state index in [-0.39, 0.29) is 30.9 Å². The number of hydrogen-bond donors (Lipinski definition) is 1. The minimum absolute atomic E-state index is 0.100. The number of esters is 1. The van der Waals surface area contributed by atoms with Crippen LogP contribution in [-0.2, 0) is 20.9 Å². The van der Waals surface area contributed by atoms with E-state index in [1.54, 1.807) is 6.07 Å². The van der Waals surface area contributed by atoms with E-state index in [4.69, 9.17) is 13.9 Å². The van der Waals surface area contributed by atoms with Crippen molar-refractivity contribution in [3.63, 3.8) is 0 Å². The number of benzene rings is 1. The third-order valence-corrected chi connectivity index (χ3v) is 4.39. The Morgan fingerprint density at radius 2 is 2.00 bits per heavy atom. The molecule has 1 aromatic heterocycles. The summed E-state index contributed by atoms with van der Waals surface area (Å²) in [6, 6.07) is 7.56. The van der Waals surface area contributed by atoms with Crippen LogP contribution in [-0.4, -0.2) is 31.1 Å². The van der Waals surface area contributed by atoms with Gasteiger partial charge in [0.05, 0.1) is 6.61 Å². The molecule has 1 aliphatic carbocycles. The van der Waals surface area contributed by atoms with Crippen molar-refractivity contribution in [3.05, 3.63) is 35.6 Å². The van der Waals surface area contributed by atoms with E-state index < -0.39 is 5.97 Å². The van der Waals surface area contributed by atoms with Crippen molar-refractivity contribution in [2.75, 3.05) is 13.2 Å². The summed E-state index contributed by atoms with van der Waals surface area (Å²) in [6.07, 6.45) is 4.23. The highest BCUT2D eigenvalue weighted by Gasteiger charge is 2.23. The van der Waals surface area contributed by atoms with Crippen molar-refractivity contribution in [1.29, 1.82) is 0 Å². The number of carbonyl (C=O) groups excluding carboxylic acids is 2. The van der Waals surface area contributed by atoms with Crippen molar-refractivity contribution in [1.82, 2.24) is 5.32 Å². The molecule has 0 spiro atoms. The van der Waals surface area contributed by atoms with E-state index >= 15 is 0 Å². The monoisotopic (exact) mass is 345 g/mol. The molecule has 1 aromatic carbocycles.